The summed E-state index contributed by atoms with van der Waals surface area (Å²) in [6.07, 6.45) is 7.10. The van der Waals surface area contributed by atoms with Crippen LogP contribution in [0.3, 0.4) is 0 Å². The molecule has 4 rings (SSSR count). The molecule has 3 aromatic heterocycles. The molecule has 3 heterocycles. The number of hydrogen-bond acceptors (Lipinski definition) is 1. The first-order chi connectivity index (χ1) is 12.2. The van der Waals surface area contributed by atoms with Gasteiger partial charge in [0.2, 0.25) is 0 Å². The molecule has 0 saturated carbocycles. The smallest absolute Gasteiger partial charge is 0.138 e. The van der Waals surface area contributed by atoms with Crippen LogP contribution < -0.4 is 0 Å². The van der Waals surface area contributed by atoms with Gasteiger partial charge in [-0.3, -0.25) is 0 Å². The molecule has 0 fully saturated rings. The number of benzene rings is 1. The number of imidazole rings is 1. The maximum atomic E-state index is 4.93. The highest BCUT2D eigenvalue weighted by Gasteiger charge is 2.15. The van der Waals surface area contributed by atoms with Crippen molar-refractivity contribution in [2.45, 2.75) is 33.1 Å². The third-order valence-electron chi connectivity index (χ3n) is 4.82. The Balaban J connectivity index is 1.92. The fourth-order valence-electron chi connectivity index (χ4n) is 3.45. The molecule has 0 aliphatic carbocycles. The number of nitrogens with one attached hydrogen (secondary N) is 1. The number of fused-ring (bicyclic) bond motifs is 2. The zero-order chi connectivity index (χ0) is 17.4. The molecule has 4 aromatic rings. The average Bonchev–Trinajstić information content (AvgIpc) is 3.22. The average molecular weight is 329 g/mol. The molecule has 0 unspecified atom stereocenters. The second-order valence-corrected chi connectivity index (χ2v) is 6.51. The SMILES string of the molecule is C=Cc1ccn2c(CCC)c(-c3cc4ccc(CC)cc4[nH]3)nc2c1. The molecule has 25 heavy (non-hydrogen) atoms. The van der Waals surface area contributed by atoms with E-state index in [1.807, 2.05) is 6.08 Å². The van der Waals surface area contributed by atoms with Gasteiger partial charge in [-0.05, 0) is 48.2 Å². The number of aromatic amines is 1. The summed E-state index contributed by atoms with van der Waals surface area (Å²) in [6.45, 7) is 8.26. The van der Waals surface area contributed by atoms with Crippen molar-refractivity contribution in [1.82, 2.24) is 14.4 Å². The van der Waals surface area contributed by atoms with Crippen molar-refractivity contribution in [2.24, 2.45) is 0 Å². The maximum Gasteiger partial charge on any atom is 0.138 e. The van der Waals surface area contributed by atoms with Crippen LogP contribution in [0.1, 0.15) is 37.1 Å². The van der Waals surface area contributed by atoms with Crippen molar-refractivity contribution in [1.29, 1.82) is 0 Å². The molecule has 0 bridgehead atoms. The standard InChI is InChI=1S/C22H23N3/c1-4-7-20-22(24-21-13-16(6-3)10-11-25(20)21)19-14-17-9-8-15(5-2)12-18(17)23-19/h6,8-14,23H,3-5,7H2,1-2H3. The van der Waals surface area contributed by atoms with Crippen molar-refractivity contribution in [2.75, 3.05) is 0 Å². The molecule has 0 aliphatic rings. The normalized spacial score (nSPS) is 11.4. The molecule has 126 valence electrons. The highest BCUT2D eigenvalue weighted by atomic mass is 15.0. The van der Waals surface area contributed by atoms with Gasteiger partial charge in [-0.1, -0.05) is 45.1 Å². The lowest BCUT2D eigenvalue weighted by atomic mass is 10.1. The highest BCUT2D eigenvalue weighted by molar-refractivity contribution is 5.86. The van der Waals surface area contributed by atoms with Crippen molar-refractivity contribution in [3.05, 3.63) is 66.0 Å². The Labute approximate surface area is 148 Å². The second kappa shape index (κ2) is 6.25. The first-order valence-corrected chi connectivity index (χ1v) is 8.99. The van der Waals surface area contributed by atoms with Crippen LogP contribution in [0.15, 0.2) is 49.2 Å². The van der Waals surface area contributed by atoms with E-state index in [0.717, 1.165) is 41.9 Å². The third kappa shape index (κ3) is 2.66. The predicted molar refractivity (Wildman–Crippen MR) is 106 cm³/mol. The zero-order valence-corrected chi connectivity index (χ0v) is 14.8. The molecule has 0 saturated heterocycles. The minimum absolute atomic E-state index is 0.976. The monoisotopic (exact) mass is 329 g/mol. The quantitative estimate of drug-likeness (QED) is 0.505. The molecule has 1 aromatic carbocycles. The lowest BCUT2D eigenvalue weighted by molar-refractivity contribution is 0.869. The lowest BCUT2D eigenvalue weighted by Crippen LogP contribution is -1.94. The summed E-state index contributed by atoms with van der Waals surface area (Å²) >= 11 is 0. The van der Waals surface area contributed by atoms with E-state index in [1.54, 1.807) is 0 Å². The number of nitrogens with zero attached hydrogens (tertiary/aromatic N) is 2. The van der Waals surface area contributed by atoms with Gasteiger partial charge in [0.15, 0.2) is 0 Å². The van der Waals surface area contributed by atoms with E-state index in [1.165, 1.54) is 22.2 Å². The fraction of sp³-hybridized carbons (Fsp3) is 0.227. The zero-order valence-electron chi connectivity index (χ0n) is 14.8. The number of rotatable bonds is 5. The van der Waals surface area contributed by atoms with Crippen molar-refractivity contribution >= 4 is 22.6 Å². The van der Waals surface area contributed by atoms with E-state index in [2.05, 4.69) is 72.4 Å². The molecule has 1 N–H and O–H groups in total. The van der Waals surface area contributed by atoms with E-state index < -0.39 is 0 Å². The van der Waals surface area contributed by atoms with Crippen LogP contribution in [0.5, 0.6) is 0 Å². The first kappa shape index (κ1) is 15.7. The van der Waals surface area contributed by atoms with Gasteiger partial charge in [-0.2, -0.15) is 0 Å². The molecule has 0 spiro atoms. The van der Waals surface area contributed by atoms with Crippen molar-refractivity contribution < 1.29 is 0 Å². The Morgan fingerprint density at radius 2 is 2.04 bits per heavy atom. The number of aryl methyl sites for hydroxylation is 2. The van der Waals surface area contributed by atoms with E-state index in [9.17, 15) is 0 Å². The Bertz CT molecular complexity index is 1070. The van der Waals surface area contributed by atoms with Gasteiger partial charge in [0.1, 0.15) is 11.3 Å². The molecule has 3 heteroatoms. The number of H-pyrrole nitrogens is 1. The van der Waals surface area contributed by atoms with Gasteiger partial charge in [0.25, 0.3) is 0 Å². The Morgan fingerprint density at radius 1 is 1.16 bits per heavy atom. The highest BCUT2D eigenvalue weighted by Crippen LogP contribution is 2.29. The van der Waals surface area contributed by atoms with Gasteiger partial charge < -0.3 is 9.38 Å². The Morgan fingerprint density at radius 3 is 2.80 bits per heavy atom. The summed E-state index contributed by atoms with van der Waals surface area (Å²) in [4.78, 5) is 8.51. The number of pyridine rings is 1. The largest absolute Gasteiger partial charge is 0.353 e. The van der Waals surface area contributed by atoms with E-state index in [4.69, 9.17) is 4.98 Å². The van der Waals surface area contributed by atoms with E-state index in [-0.39, 0.29) is 0 Å². The topological polar surface area (TPSA) is 33.1 Å². The summed E-state index contributed by atoms with van der Waals surface area (Å²) in [5.74, 6) is 0. The van der Waals surface area contributed by atoms with E-state index >= 15 is 0 Å². The van der Waals surface area contributed by atoms with Gasteiger partial charge in [0, 0.05) is 17.1 Å². The second-order valence-electron chi connectivity index (χ2n) is 6.51. The van der Waals surface area contributed by atoms with Crippen LogP contribution >= 0.6 is 0 Å². The molecule has 0 aliphatic heterocycles. The summed E-state index contributed by atoms with van der Waals surface area (Å²) in [7, 11) is 0. The van der Waals surface area contributed by atoms with E-state index in [0.29, 0.717) is 0 Å². The third-order valence-corrected chi connectivity index (χ3v) is 4.82. The van der Waals surface area contributed by atoms with Crippen LogP contribution in [-0.4, -0.2) is 14.4 Å². The summed E-state index contributed by atoms with van der Waals surface area (Å²) in [6, 6.07) is 13.0. The predicted octanol–water partition coefficient (Wildman–Crippen LogP) is 5.64. The van der Waals surface area contributed by atoms with Crippen LogP contribution in [-0.2, 0) is 12.8 Å². The van der Waals surface area contributed by atoms with Gasteiger partial charge in [-0.15, -0.1) is 0 Å². The fourth-order valence-corrected chi connectivity index (χ4v) is 3.45. The summed E-state index contributed by atoms with van der Waals surface area (Å²) in [5.41, 5.74) is 8.00. The molecular formula is C22H23N3. The van der Waals surface area contributed by atoms with Crippen LogP contribution in [0, 0.1) is 0 Å². The maximum absolute atomic E-state index is 4.93. The number of aromatic nitrogens is 3. The minimum atomic E-state index is 0.976. The summed E-state index contributed by atoms with van der Waals surface area (Å²) in [5, 5.41) is 1.23. The minimum Gasteiger partial charge on any atom is -0.353 e. The van der Waals surface area contributed by atoms with Crippen molar-refractivity contribution in [3.8, 4) is 11.4 Å². The molecule has 0 radical (unpaired) electrons. The van der Waals surface area contributed by atoms with Crippen molar-refractivity contribution in [3.63, 3.8) is 0 Å². The first-order valence-electron chi connectivity index (χ1n) is 8.99. The van der Waals surface area contributed by atoms with Crippen LogP contribution in [0.25, 0.3) is 34.0 Å². The Hall–Kier alpha value is -2.81. The Kier molecular flexibility index (Phi) is 3.92. The van der Waals surface area contributed by atoms with Gasteiger partial charge in [-0.25, -0.2) is 4.98 Å². The lowest BCUT2D eigenvalue weighted by Gasteiger charge is -2.03. The van der Waals surface area contributed by atoms with Crippen LogP contribution in [0.4, 0.5) is 0 Å². The molecule has 3 nitrogen and oxygen atoms in total. The van der Waals surface area contributed by atoms with Gasteiger partial charge >= 0.3 is 0 Å². The number of hydrogen-bond donors (Lipinski definition) is 1. The van der Waals surface area contributed by atoms with Crippen LogP contribution in [0.2, 0.25) is 0 Å². The molecular weight excluding hydrogens is 306 g/mol. The molecule has 0 amide bonds. The summed E-state index contributed by atoms with van der Waals surface area (Å²) < 4.78 is 2.20. The van der Waals surface area contributed by atoms with Gasteiger partial charge in [0.05, 0.1) is 11.4 Å². The molecule has 0 atom stereocenters.